The van der Waals surface area contributed by atoms with Crippen LogP contribution in [0.1, 0.15) is 18.4 Å². The van der Waals surface area contributed by atoms with Gasteiger partial charge in [-0.1, -0.05) is 0 Å². The van der Waals surface area contributed by atoms with Crippen LogP contribution in [-0.4, -0.2) is 64.7 Å². The maximum absolute atomic E-state index is 13.1. The number of halogens is 3. The summed E-state index contributed by atoms with van der Waals surface area (Å²) in [4.78, 5) is 4.63. The van der Waals surface area contributed by atoms with Crippen LogP contribution in [0.4, 0.5) is 19.0 Å². The van der Waals surface area contributed by atoms with E-state index in [1.165, 1.54) is 13.2 Å². The van der Waals surface area contributed by atoms with Crippen molar-refractivity contribution < 1.29 is 17.9 Å². The van der Waals surface area contributed by atoms with Gasteiger partial charge in [0.1, 0.15) is 17.0 Å². The summed E-state index contributed by atoms with van der Waals surface area (Å²) in [6.07, 6.45) is -0.503. The van der Waals surface area contributed by atoms with Crippen LogP contribution in [0, 0.1) is 0 Å². The topological polar surface area (TPSA) is 59.3 Å². The first-order valence-electron chi connectivity index (χ1n) is 10.3. The number of anilines is 1. The maximum Gasteiger partial charge on any atom is 0.416 e. The first kappa shape index (κ1) is 20.0. The molecule has 4 heterocycles. The van der Waals surface area contributed by atoms with E-state index in [0.717, 1.165) is 67.9 Å². The van der Waals surface area contributed by atoms with E-state index in [0.29, 0.717) is 17.3 Å². The highest BCUT2D eigenvalue weighted by atomic mass is 19.4. The van der Waals surface area contributed by atoms with Gasteiger partial charge in [0.15, 0.2) is 5.82 Å². The minimum Gasteiger partial charge on any atom is -0.496 e. The lowest BCUT2D eigenvalue weighted by molar-refractivity contribution is -0.137. The zero-order valence-corrected chi connectivity index (χ0v) is 17.4. The van der Waals surface area contributed by atoms with Gasteiger partial charge in [-0.3, -0.25) is 4.68 Å². The Bertz CT molecular complexity index is 1130. The van der Waals surface area contributed by atoms with E-state index in [1.54, 1.807) is 6.20 Å². The second kappa shape index (κ2) is 7.37. The van der Waals surface area contributed by atoms with E-state index in [-0.39, 0.29) is 5.75 Å². The number of alkyl halides is 3. The number of ether oxygens (including phenoxy) is 1. The van der Waals surface area contributed by atoms with Crippen LogP contribution in [0.2, 0.25) is 0 Å². The average Bonchev–Trinajstić information content (AvgIpc) is 3.19. The van der Waals surface area contributed by atoms with Crippen molar-refractivity contribution >= 4 is 16.7 Å². The molecule has 0 radical (unpaired) electrons. The van der Waals surface area contributed by atoms with Crippen LogP contribution in [0.5, 0.6) is 5.75 Å². The summed E-state index contributed by atoms with van der Waals surface area (Å²) < 4.78 is 46.6. The lowest BCUT2D eigenvalue weighted by atomic mass is 10.0. The SMILES string of the molecule is COc1cc(C(F)(F)F)ccc1-c1nnc2c3c1cnn3CCN2[C@@H]1CCCN(C)C1. The lowest BCUT2D eigenvalue weighted by Gasteiger charge is -2.40. The molecule has 0 spiro atoms. The number of benzene rings is 1. The number of hydrogen-bond donors (Lipinski definition) is 0. The standard InChI is InChI=1S/C21H23F3N6O/c1-28-7-3-4-14(12-28)29-8-9-30-19-16(11-25-30)18(26-27-20(19)29)15-6-5-13(21(22,23)24)10-17(15)31-2/h5-6,10-11,14H,3-4,7-9,12H2,1-2H3/t14-/m1/s1. The van der Waals surface area contributed by atoms with Crippen molar-refractivity contribution in [2.24, 2.45) is 0 Å². The number of methoxy groups -OCH3 is 1. The summed E-state index contributed by atoms with van der Waals surface area (Å²) in [5.74, 6) is 0.891. The fourth-order valence-corrected chi connectivity index (χ4v) is 4.68. The Balaban J connectivity index is 1.60. The third kappa shape index (κ3) is 3.38. The molecule has 1 aromatic carbocycles. The highest BCUT2D eigenvalue weighted by molar-refractivity contribution is 5.99. The van der Waals surface area contributed by atoms with Crippen LogP contribution < -0.4 is 9.64 Å². The van der Waals surface area contributed by atoms with Gasteiger partial charge < -0.3 is 14.5 Å². The van der Waals surface area contributed by atoms with Gasteiger partial charge in [0.2, 0.25) is 0 Å². The highest BCUT2D eigenvalue weighted by Crippen LogP contribution is 2.40. The lowest BCUT2D eigenvalue weighted by Crippen LogP contribution is -2.49. The van der Waals surface area contributed by atoms with Gasteiger partial charge >= 0.3 is 6.18 Å². The summed E-state index contributed by atoms with van der Waals surface area (Å²) in [5.41, 5.74) is 1.03. The number of piperidine rings is 1. The molecule has 0 unspecified atom stereocenters. The molecular weight excluding hydrogens is 409 g/mol. The van der Waals surface area contributed by atoms with Crippen LogP contribution >= 0.6 is 0 Å². The van der Waals surface area contributed by atoms with Crippen LogP contribution in [0.25, 0.3) is 22.2 Å². The molecule has 1 saturated heterocycles. The Kier molecular flexibility index (Phi) is 4.76. The van der Waals surface area contributed by atoms with E-state index < -0.39 is 11.7 Å². The minimum atomic E-state index is -4.45. The van der Waals surface area contributed by atoms with E-state index in [4.69, 9.17) is 4.74 Å². The fourth-order valence-electron chi connectivity index (χ4n) is 4.68. The van der Waals surface area contributed by atoms with Crippen molar-refractivity contribution in [2.75, 3.05) is 38.7 Å². The molecular formula is C21H23F3N6O. The van der Waals surface area contributed by atoms with Crippen molar-refractivity contribution in [1.29, 1.82) is 0 Å². The second-order valence-electron chi connectivity index (χ2n) is 8.17. The molecule has 0 saturated carbocycles. The second-order valence-corrected chi connectivity index (χ2v) is 8.17. The molecule has 1 atom stereocenters. The number of aromatic nitrogens is 4. The van der Waals surface area contributed by atoms with Crippen molar-refractivity contribution in [1.82, 2.24) is 24.9 Å². The smallest absolute Gasteiger partial charge is 0.416 e. The molecule has 3 aromatic rings. The molecule has 5 rings (SSSR count). The third-order valence-electron chi connectivity index (χ3n) is 6.20. The zero-order valence-electron chi connectivity index (χ0n) is 17.4. The summed E-state index contributed by atoms with van der Waals surface area (Å²) in [6.45, 7) is 3.59. The minimum absolute atomic E-state index is 0.105. The molecule has 7 nitrogen and oxygen atoms in total. The zero-order chi connectivity index (χ0) is 21.8. The maximum atomic E-state index is 13.1. The molecule has 10 heteroatoms. The molecule has 164 valence electrons. The molecule has 0 bridgehead atoms. The van der Waals surface area contributed by atoms with Gasteiger partial charge in [0.05, 0.1) is 30.8 Å². The van der Waals surface area contributed by atoms with Crippen molar-refractivity contribution in [2.45, 2.75) is 31.6 Å². The molecule has 2 aliphatic heterocycles. The highest BCUT2D eigenvalue weighted by Gasteiger charge is 2.33. The molecule has 31 heavy (non-hydrogen) atoms. The summed E-state index contributed by atoms with van der Waals surface area (Å²) in [5, 5.41) is 14.2. The Hall–Kier alpha value is -2.88. The summed E-state index contributed by atoms with van der Waals surface area (Å²) in [6, 6.07) is 3.78. The largest absolute Gasteiger partial charge is 0.496 e. The summed E-state index contributed by atoms with van der Waals surface area (Å²) >= 11 is 0. The number of likely N-dealkylation sites (N-methyl/N-ethyl adjacent to an activating group) is 1. The molecule has 0 amide bonds. The van der Waals surface area contributed by atoms with Crippen molar-refractivity contribution in [3.8, 4) is 17.0 Å². The Morgan fingerprint density at radius 1 is 1.13 bits per heavy atom. The van der Waals surface area contributed by atoms with Crippen LogP contribution in [0.15, 0.2) is 24.4 Å². The number of nitrogens with zero attached hydrogens (tertiary/aromatic N) is 6. The number of rotatable bonds is 3. The fraction of sp³-hybridized carbons (Fsp3) is 0.476. The van der Waals surface area contributed by atoms with Crippen LogP contribution in [-0.2, 0) is 12.7 Å². The molecule has 0 aliphatic carbocycles. The van der Waals surface area contributed by atoms with E-state index in [9.17, 15) is 13.2 Å². The van der Waals surface area contributed by atoms with Crippen LogP contribution in [0.3, 0.4) is 0 Å². The molecule has 2 aromatic heterocycles. The third-order valence-corrected chi connectivity index (χ3v) is 6.20. The predicted octanol–water partition coefficient (Wildman–Crippen LogP) is 3.43. The molecule has 0 N–H and O–H groups in total. The summed E-state index contributed by atoms with van der Waals surface area (Å²) in [7, 11) is 3.48. The van der Waals surface area contributed by atoms with E-state index >= 15 is 0 Å². The Morgan fingerprint density at radius 3 is 2.71 bits per heavy atom. The van der Waals surface area contributed by atoms with Gasteiger partial charge in [-0.05, 0) is 44.6 Å². The van der Waals surface area contributed by atoms with Gasteiger partial charge in [0, 0.05) is 24.7 Å². The monoisotopic (exact) mass is 432 g/mol. The van der Waals surface area contributed by atoms with Gasteiger partial charge in [-0.15, -0.1) is 10.2 Å². The van der Waals surface area contributed by atoms with Gasteiger partial charge in [-0.25, -0.2) is 0 Å². The van der Waals surface area contributed by atoms with Gasteiger partial charge in [-0.2, -0.15) is 18.3 Å². The average molecular weight is 432 g/mol. The van der Waals surface area contributed by atoms with E-state index in [2.05, 4.69) is 32.1 Å². The first-order valence-corrected chi connectivity index (χ1v) is 10.3. The van der Waals surface area contributed by atoms with Gasteiger partial charge in [0.25, 0.3) is 0 Å². The molecule has 1 fully saturated rings. The number of likely N-dealkylation sites (tertiary alicyclic amines) is 1. The predicted molar refractivity (Wildman–Crippen MR) is 110 cm³/mol. The van der Waals surface area contributed by atoms with Crippen molar-refractivity contribution in [3.05, 3.63) is 30.0 Å². The Labute approximate surface area is 177 Å². The molecule has 2 aliphatic rings. The normalized spacial score (nSPS) is 19.8. The number of hydrogen-bond acceptors (Lipinski definition) is 6. The Morgan fingerprint density at radius 2 is 1.97 bits per heavy atom. The van der Waals surface area contributed by atoms with E-state index in [1.807, 2.05) is 4.68 Å². The first-order chi connectivity index (χ1) is 14.9. The quantitative estimate of drug-likeness (QED) is 0.632. The van der Waals surface area contributed by atoms with Crippen molar-refractivity contribution in [3.63, 3.8) is 0 Å².